The molecule has 3 aliphatic heterocycles. The number of benzene rings is 2. The van der Waals surface area contributed by atoms with Gasteiger partial charge in [-0.3, -0.25) is 4.90 Å². The molecule has 9 nitrogen and oxygen atoms in total. The normalized spacial score (nSPS) is 22.4. The van der Waals surface area contributed by atoms with Gasteiger partial charge in [0, 0.05) is 43.2 Å². The van der Waals surface area contributed by atoms with Crippen molar-refractivity contribution in [2.75, 3.05) is 32.8 Å². The van der Waals surface area contributed by atoms with E-state index in [1.165, 1.54) is 4.90 Å². The van der Waals surface area contributed by atoms with Crippen molar-refractivity contribution in [1.82, 2.24) is 9.80 Å². The maximum Gasteiger partial charge on any atom is 0.417 e. The Balaban J connectivity index is 1.53. The zero-order valence-corrected chi connectivity index (χ0v) is 20.8. The summed E-state index contributed by atoms with van der Waals surface area (Å²) in [5.74, 6) is -3.72. The van der Waals surface area contributed by atoms with E-state index in [1.807, 2.05) is 30.3 Å². The summed E-state index contributed by atoms with van der Waals surface area (Å²) in [5.41, 5.74) is 1.56. The average Bonchev–Trinajstić information content (AvgIpc) is 3.04. The first-order chi connectivity index (χ1) is 17.9. The van der Waals surface area contributed by atoms with Crippen LogP contribution in [-0.4, -0.2) is 72.7 Å². The van der Waals surface area contributed by atoms with E-state index in [9.17, 15) is 14.4 Å². The second kappa shape index (κ2) is 10.9. The molecule has 3 aliphatic rings. The Kier molecular flexibility index (Phi) is 7.45. The minimum absolute atomic E-state index is 0.130. The summed E-state index contributed by atoms with van der Waals surface area (Å²) in [4.78, 5) is 42.4. The van der Waals surface area contributed by atoms with Crippen LogP contribution in [0.5, 0.6) is 0 Å². The number of morpholine rings is 1. The molecule has 2 unspecified atom stereocenters. The van der Waals surface area contributed by atoms with Crippen molar-refractivity contribution in [1.29, 1.82) is 0 Å². The van der Waals surface area contributed by atoms with Crippen molar-refractivity contribution in [3.05, 3.63) is 82.9 Å². The number of hydrogen-bond donors (Lipinski definition) is 0. The van der Waals surface area contributed by atoms with Gasteiger partial charge in [0.05, 0.1) is 19.3 Å². The Labute approximate surface area is 219 Å². The highest BCUT2D eigenvalue weighted by atomic mass is 35.5. The molecule has 0 saturated carbocycles. The Morgan fingerprint density at radius 2 is 1.57 bits per heavy atom. The highest BCUT2D eigenvalue weighted by Gasteiger charge is 2.64. The molecule has 0 bridgehead atoms. The summed E-state index contributed by atoms with van der Waals surface area (Å²) in [7, 11) is 0. The van der Waals surface area contributed by atoms with Gasteiger partial charge in [0.15, 0.2) is 0 Å². The van der Waals surface area contributed by atoms with Gasteiger partial charge in [0.25, 0.3) is 0 Å². The summed E-state index contributed by atoms with van der Waals surface area (Å²) in [6, 6.07) is 15.7. The average molecular weight is 527 g/mol. The molecular weight excluding hydrogens is 500 g/mol. The van der Waals surface area contributed by atoms with Crippen molar-refractivity contribution in [2.24, 2.45) is 0 Å². The first kappa shape index (κ1) is 25.3. The van der Waals surface area contributed by atoms with Crippen molar-refractivity contribution >= 4 is 29.6 Å². The number of cyclic esters (lactones) is 1. The van der Waals surface area contributed by atoms with Crippen LogP contribution >= 0.6 is 11.6 Å². The molecular formula is C27H27ClN2O7. The van der Waals surface area contributed by atoms with Crippen LogP contribution in [0, 0.1) is 0 Å². The van der Waals surface area contributed by atoms with E-state index >= 15 is 0 Å². The van der Waals surface area contributed by atoms with Gasteiger partial charge in [-0.25, -0.2) is 19.3 Å². The van der Waals surface area contributed by atoms with Crippen LogP contribution in [0.3, 0.4) is 0 Å². The first-order valence-corrected chi connectivity index (χ1v) is 12.6. The molecule has 0 aliphatic carbocycles. The van der Waals surface area contributed by atoms with Crippen molar-refractivity contribution < 1.29 is 33.3 Å². The minimum Gasteiger partial charge on any atom is -0.435 e. The summed E-state index contributed by atoms with van der Waals surface area (Å²) in [6.45, 7) is 3.45. The lowest BCUT2D eigenvalue weighted by Gasteiger charge is -2.40. The van der Waals surface area contributed by atoms with E-state index in [-0.39, 0.29) is 6.42 Å². The van der Waals surface area contributed by atoms with Crippen LogP contribution in [-0.2, 0) is 35.0 Å². The molecule has 0 radical (unpaired) electrons. The fraction of sp³-hybridized carbons (Fsp3) is 0.370. The van der Waals surface area contributed by atoms with E-state index in [4.69, 9.17) is 30.5 Å². The van der Waals surface area contributed by atoms with Gasteiger partial charge in [-0.2, -0.15) is 0 Å². The summed E-state index contributed by atoms with van der Waals surface area (Å²) in [6.07, 6.45) is 0.744. The van der Waals surface area contributed by atoms with E-state index in [2.05, 4.69) is 4.90 Å². The fourth-order valence-electron chi connectivity index (χ4n) is 4.88. The zero-order chi connectivity index (χ0) is 25.8. The molecule has 5 rings (SSSR count). The Hall–Kier alpha value is -3.40. The van der Waals surface area contributed by atoms with E-state index in [1.54, 1.807) is 24.3 Å². The minimum atomic E-state index is -2.10. The Bertz CT molecular complexity index is 1150. The van der Waals surface area contributed by atoms with Crippen LogP contribution in [0.4, 0.5) is 4.79 Å². The molecule has 2 fully saturated rings. The number of hydrogen-bond acceptors (Lipinski definition) is 8. The number of esters is 2. The first-order valence-electron chi connectivity index (χ1n) is 12.2. The smallest absolute Gasteiger partial charge is 0.417 e. The second-order valence-corrected chi connectivity index (χ2v) is 9.48. The highest BCUT2D eigenvalue weighted by molar-refractivity contribution is 6.30. The van der Waals surface area contributed by atoms with Crippen LogP contribution in [0.25, 0.3) is 0 Å². The number of ether oxygens (including phenoxy) is 4. The van der Waals surface area contributed by atoms with Gasteiger partial charge in [-0.05, 0) is 29.7 Å². The third-order valence-corrected chi connectivity index (χ3v) is 6.94. The summed E-state index contributed by atoms with van der Waals surface area (Å²) < 4.78 is 22.8. The number of halogens is 1. The molecule has 1 spiro atoms. The lowest BCUT2D eigenvalue weighted by Crippen LogP contribution is -2.58. The van der Waals surface area contributed by atoms with E-state index in [0.717, 1.165) is 36.4 Å². The molecule has 2 atom stereocenters. The van der Waals surface area contributed by atoms with Crippen molar-refractivity contribution in [2.45, 2.75) is 30.9 Å². The molecule has 37 heavy (non-hydrogen) atoms. The molecule has 194 valence electrons. The van der Waals surface area contributed by atoms with E-state index in [0.29, 0.717) is 31.2 Å². The topological polar surface area (TPSA) is 94.6 Å². The molecule has 2 aromatic rings. The predicted molar refractivity (Wildman–Crippen MR) is 132 cm³/mol. The SMILES string of the molecule is O=C1C=CC(=O)OC2(O1)C(Cc1ccc(Cl)cc1)OC(=O)N2C(CCN1CCOCC1)c1ccccc1. The van der Waals surface area contributed by atoms with Crippen LogP contribution in [0.2, 0.25) is 5.02 Å². The standard InChI is InChI=1S/C27H27ClN2O7/c28-21-8-6-19(7-9-21)18-23-27(36-24(31)10-11-25(32)37-27)30(26(33)35-23)22(20-4-2-1-3-5-20)12-13-29-14-16-34-17-15-29/h1-11,22-23H,12-18H2. The molecule has 0 N–H and O–H groups in total. The monoisotopic (exact) mass is 526 g/mol. The van der Waals surface area contributed by atoms with Crippen LogP contribution in [0.15, 0.2) is 66.7 Å². The van der Waals surface area contributed by atoms with Gasteiger partial charge < -0.3 is 18.9 Å². The molecule has 0 aromatic heterocycles. The molecule has 2 aromatic carbocycles. The Morgan fingerprint density at radius 3 is 2.22 bits per heavy atom. The second-order valence-electron chi connectivity index (χ2n) is 9.05. The third-order valence-electron chi connectivity index (χ3n) is 6.68. The summed E-state index contributed by atoms with van der Waals surface area (Å²) >= 11 is 6.03. The fourth-order valence-corrected chi connectivity index (χ4v) is 5.00. The largest absolute Gasteiger partial charge is 0.435 e. The third kappa shape index (κ3) is 5.49. The maximum atomic E-state index is 13.5. The van der Waals surface area contributed by atoms with Crippen molar-refractivity contribution in [3.8, 4) is 0 Å². The number of carbonyl (C=O) groups excluding carboxylic acids is 3. The molecule has 1 amide bonds. The van der Waals surface area contributed by atoms with Gasteiger partial charge in [0.1, 0.15) is 0 Å². The van der Waals surface area contributed by atoms with E-state index < -0.39 is 36.1 Å². The number of nitrogens with zero attached hydrogens (tertiary/aromatic N) is 2. The van der Waals surface area contributed by atoms with Gasteiger partial charge in [0.2, 0.25) is 6.10 Å². The molecule has 3 heterocycles. The molecule has 2 saturated heterocycles. The number of rotatable bonds is 7. The lowest BCUT2D eigenvalue weighted by atomic mass is 9.99. The van der Waals surface area contributed by atoms with Crippen LogP contribution in [0.1, 0.15) is 23.6 Å². The van der Waals surface area contributed by atoms with Crippen molar-refractivity contribution in [3.63, 3.8) is 0 Å². The number of carbonyl (C=O) groups is 3. The highest BCUT2D eigenvalue weighted by Crippen LogP contribution is 2.43. The Morgan fingerprint density at radius 1 is 0.919 bits per heavy atom. The van der Waals surface area contributed by atoms with Gasteiger partial charge in [-0.1, -0.05) is 54.1 Å². The maximum absolute atomic E-state index is 13.5. The summed E-state index contributed by atoms with van der Waals surface area (Å²) in [5, 5.41) is 0.548. The predicted octanol–water partition coefficient (Wildman–Crippen LogP) is 3.48. The number of amides is 1. The van der Waals surface area contributed by atoms with Crippen LogP contribution < -0.4 is 0 Å². The quantitative estimate of drug-likeness (QED) is 0.506. The zero-order valence-electron chi connectivity index (χ0n) is 20.1. The van der Waals surface area contributed by atoms with Gasteiger partial charge in [-0.15, -0.1) is 0 Å². The lowest BCUT2D eigenvalue weighted by molar-refractivity contribution is -0.284. The van der Waals surface area contributed by atoms with Gasteiger partial charge >= 0.3 is 23.9 Å². The molecule has 10 heteroatoms.